The molecule has 0 aliphatic heterocycles. The van der Waals surface area contributed by atoms with Crippen LogP contribution in [0.1, 0.15) is 14.9 Å². The highest BCUT2D eigenvalue weighted by molar-refractivity contribution is 6.77. The zero-order valence-corrected chi connectivity index (χ0v) is 29.7. The summed E-state index contributed by atoms with van der Waals surface area (Å²) in [5.74, 6) is 0. The van der Waals surface area contributed by atoms with Crippen molar-refractivity contribution in [2.45, 2.75) is 67.2 Å². The molecule has 0 aliphatic carbocycles. The van der Waals surface area contributed by atoms with E-state index in [1.165, 1.54) is 0 Å². The second-order valence-electron chi connectivity index (χ2n) is 8.39. The summed E-state index contributed by atoms with van der Waals surface area (Å²) in [6, 6.07) is 0. The van der Waals surface area contributed by atoms with Gasteiger partial charge in [-0.05, 0) is 0 Å². The first-order valence-corrected chi connectivity index (χ1v) is 25.4. The van der Waals surface area contributed by atoms with Gasteiger partial charge in [0.1, 0.15) is 0 Å². The Morgan fingerprint density at radius 2 is 0.515 bits per heavy atom. The van der Waals surface area contributed by atoms with E-state index in [9.17, 15) is 26.8 Å². The second kappa shape index (κ2) is 22.2. The van der Waals surface area contributed by atoms with E-state index in [0.717, 1.165) is 0 Å². The van der Waals surface area contributed by atoms with Crippen molar-refractivity contribution >= 4 is 92.1 Å². The highest BCUT2D eigenvalue weighted by Crippen LogP contribution is 2.18. The molecule has 13 nitrogen and oxygen atoms in total. The largest absolute Gasteiger partial charge is 0.851 e. The van der Waals surface area contributed by atoms with E-state index in [2.05, 4.69) is 77.1 Å². The van der Waals surface area contributed by atoms with Gasteiger partial charge in [0.15, 0.2) is 0 Å². The predicted molar refractivity (Wildman–Crippen MR) is 138 cm³/mol. The highest BCUT2D eigenvalue weighted by atomic mass is 28.5. The van der Waals surface area contributed by atoms with E-state index < -0.39 is 92.1 Å². The minimum absolute atomic E-state index is 0. The molecule has 0 radical (unpaired) electrons. The topological polar surface area (TPSA) is 167 Å². The number of hydrogen-bond donors (Lipinski definition) is 0. The standard InChI is InChI=1S/2C4H12Si.2CH4.H6O13Si8/c2*1-5(2,3)4;;;1-14-7-20(8-15-2,9-16-3)13-21(10-17-4,11-18-5)12-19-6/h2*1-4H3;2*1H4;14-19H. The minimum atomic E-state index is -4.56. The molecule has 0 aromatic rings. The Kier molecular flexibility index (Phi) is 28.8. The summed E-state index contributed by atoms with van der Waals surface area (Å²) in [5, 5.41) is 0. The van der Waals surface area contributed by atoms with Crippen molar-refractivity contribution in [1.29, 1.82) is 0 Å². The van der Waals surface area contributed by atoms with Crippen LogP contribution in [0.5, 0.6) is 0 Å². The van der Waals surface area contributed by atoms with Gasteiger partial charge in [0.25, 0.3) is 0 Å². The first-order valence-electron chi connectivity index (χ1n) is 8.46. The molecule has 0 saturated heterocycles. The van der Waals surface area contributed by atoms with E-state index in [4.69, 9.17) is 4.12 Å². The summed E-state index contributed by atoms with van der Waals surface area (Å²) >= 11 is 0. The third kappa shape index (κ3) is 31.7. The van der Waals surface area contributed by atoms with Gasteiger partial charge in [-0.2, -0.15) is 0 Å². The lowest BCUT2D eigenvalue weighted by atomic mass is 11.8. The summed E-state index contributed by atoms with van der Waals surface area (Å²) in [7, 11) is -22.5. The second-order valence-corrected chi connectivity index (χ2v) is 30.0. The monoisotopic (exact) mass is 646 g/mol. The van der Waals surface area contributed by atoms with Crippen LogP contribution in [0.15, 0.2) is 0 Å². The summed E-state index contributed by atoms with van der Waals surface area (Å²) in [6.45, 7) is 18.6. The van der Waals surface area contributed by atoms with Crippen molar-refractivity contribution in [3.63, 3.8) is 0 Å². The van der Waals surface area contributed by atoms with Gasteiger partial charge in [0.05, 0.1) is 0 Å². The van der Waals surface area contributed by atoms with Crippen molar-refractivity contribution < 1.29 is 55.6 Å². The lowest BCUT2D eigenvalue weighted by molar-refractivity contribution is 0.0754. The van der Waals surface area contributed by atoms with Gasteiger partial charge >= 0.3 is 76.0 Å². The fraction of sp³-hybridized carbons (Fsp3) is 1.00. The predicted octanol–water partition coefficient (Wildman–Crippen LogP) is -0.663. The average Bonchev–Trinajstić information content (AvgIpc) is 2.53. The molecule has 0 N–H and O–H groups in total. The molecule has 0 fully saturated rings. The number of hydrogen-bond acceptors (Lipinski definition) is 13. The maximum Gasteiger partial charge on any atom is 0.851 e. The Morgan fingerprint density at radius 3 is 0.606 bits per heavy atom. The molecular weight excluding hydrogens is 609 g/mol. The van der Waals surface area contributed by atoms with Gasteiger partial charge in [-0.15, -0.1) is 0 Å². The third-order valence-corrected chi connectivity index (χ3v) is 12.6. The van der Waals surface area contributed by atoms with E-state index in [-0.39, 0.29) is 14.9 Å². The van der Waals surface area contributed by atoms with Gasteiger partial charge in [-0.1, -0.05) is 67.2 Å². The fourth-order valence-corrected chi connectivity index (χ4v) is 13.0. The molecule has 33 heavy (non-hydrogen) atoms. The zero-order chi connectivity index (χ0) is 25.2. The van der Waals surface area contributed by atoms with Crippen LogP contribution in [0.4, 0.5) is 0 Å². The Labute approximate surface area is 214 Å². The Morgan fingerprint density at radius 1 is 0.394 bits per heavy atom. The van der Waals surface area contributed by atoms with Gasteiger partial charge in [-0.3, -0.25) is 4.12 Å². The maximum atomic E-state index is 10.6. The molecule has 0 atom stereocenters. The molecule has 0 aliphatic rings. The molecule has 0 rings (SSSR count). The van der Waals surface area contributed by atoms with E-state index in [1.807, 2.05) is 0 Å². The van der Waals surface area contributed by atoms with Crippen LogP contribution in [0.25, 0.3) is 0 Å². The summed E-state index contributed by atoms with van der Waals surface area (Å²) in [6.07, 6.45) is 0. The molecule has 0 spiro atoms. The molecule has 0 amide bonds. The van der Waals surface area contributed by atoms with E-state index in [0.29, 0.717) is 0 Å². The smallest absolute Gasteiger partial charge is 0.502 e. The van der Waals surface area contributed by atoms with Crippen LogP contribution in [0, 0.1) is 0 Å². The molecule has 196 valence electrons. The van der Waals surface area contributed by atoms with Gasteiger partial charge < -0.3 is 51.5 Å². The molecular formula is C10H38O13Si10. The molecule has 0 aromatic carbocycles. The minimum Gasteiger partial charge on any atom is -0.502 e. The Bertz CT molecular complexity index is 454. The lowest BCUT2D eigenvalue weighted by Gasteiger charge is -2.29. The summed E-state index contributed by atoms with van der Waals surface area (Å²) < 4.78 is 96.2. The van der Waals surface area contributed by atoms with Crippen molar-refractivity contribution in [2.75, 3.05) is 0 Å². The normalized spacial score (nSPS) is 10.2. The van der Waals surface area contributed by atoms with Crippen LogP contribution in [0.3, 0.4) is 0 Å². The zero-order valence-electron chi connectivity index (χ0n) is 18.8. The van der Waals surface area contributed by atoms with Crippen molar-refractivity contribution in [2.24, 2.45) is 0 Å². The average molecular weight is 647 g/mol. The molecule has 0 aromatic heterocycles. The lowest BCUT2D eigenvalue weighted by Crippen LogP contribution is -2.62. The van der Waals surface area contributed by atoms with E-state index in [1.54, 1.807) is 0 Å². The first-order chi connectivity index (χ1) is 14.1. The van der Waals surface area contributed by atoms with E-state index >= 15 is 0 Å². The third-order valence-electron chi connectivity index (χ3n) is 1.40. The molecule has 0 bridgehead atoms. The first kappa shape index (κ1) is 42.9. The van der Waals surface area contributed by atoms with Crippen molar-refractivity contribution in [3.8, 4) is 0 Å². The van der Waals surface area contributed by atoms with Crippen molar-refractivity contribution in [1.82, 2.24) is 0 Å². The number of rotatable bonds is 14. The van der Waals surface area contributed by atoms with Crippen LogP contribution in [0.2, 0.25) is 52.4 Å². The molecule has 0 saturated carbocycles. The van der Waals surface area contributed by atoms with Crippen LogP contribution < -0.4 is 0 Å². The molecule has 0 heterocycles. The summed E-state index contributed by atoms with van der Waals surface area (Å²) in [5.41, 5.74) is 0. The fourth-order valence-electron chi connectivity index (χ4n) is 0.818. The van der Waals surface area contributed by atoms with Gasteiger partial charge in [0, 0.05) is 16.1 Å². The van der Waals surface area contributed by atoms with Crippen LogP contribution in [-0.2, 0) is 55.6 Å². The SMILES string of the molecule is C.C.C[Si](C)(C)C.C[Si](C)(C)C.O=[SiH]O[Si](O[SiH]=O)(O[SiH]=O)O[Si](O[SiH]=O)(O[SiH]=O)O[SiH]=O. The van der Waals surface area contributed by atoms with Gasteiger partial charge in [-0.25, -0.2) is 0 Å². The highest BCUT2D eigenvalue weighted by Gasteiger charge is 2.67. The quantitative estimate of drug-likeness (QED) is 0.218. The van der Waals surface area contributed by atoms with Crippen LogP contribution in [-0.4, -0.2) is 92.1 Å². The maximum absolute atomic E-state index is 10.6. The Balaban J connectivity index is -0.000000182. The molecule has 0 unspecified atom stereocenters. The van der Waals surface area contributed by atoms with Crippen LogP contribution >= 0.6 is 0 Å². The Hall–Kier alpha value is -0.271. The molecule has 23 heteroatoms. The van der Waals surface area contributed by atoms with Crippen molar-refractivity contribution in [3.05, 3.63) is 0 Å². The van der Waals surface area contributed by atoms with Gasteiger partial charge in [0.2, 0.25) is 0 Å². The summed E-state index contributed by atoms with van der Waals surface area (Å²) in [4.78, 5) is 0.